The molecule has 0 bridgehead atoms. The van der Waals surface area contributed by atoms with Crippen LogP contribution in [-0.2, 0) is 19.1 Å². The van der Waals surface area contributed by atoms with Crippen molar-refractivity contribution in [3.8, 4) is 0 Å². The molecule has 1 saturated carbocycles. The third kappa shape index (κ3) is 6.68. The predicted molar refractivity (Wildman–Crippen MR) is 156 cm³/mol. The average Bonchev–Trinajstić information content (AvgIpc) is 3.58. The fourth-order valence-electron chi connectivity index (χ4n) is 7.63. The van der Waals surface area contributed by atoms with Crippen LogP contribution in [0.2, 0.25) is 5.02 Å². The number of ether oxygens (including phenoxy) is 2. The summed E-state index contributed by atoms with van der Waals surface area (Å²) in [4.78, 5) is 31.4. The van der Waals surface area contributed by atoms with Crippen LogP contribution < -0.4 is 4.90 Å². The zero-order valence-corrected chi connectivity index (χ0v) is 25.2. The number of carbonyl (C=O) groups excluding carboxylic acids is 1. The van der Waals surface area contributed by atoms with Crippen LogP contribution in [0.15, 0.2) is 18.2 Å². The highest BCUT2D eigenvalue weighted by molar-refractivity contribution is 6.30. The van der Waals surface area contributed by atoms with E-state index in [9.17, 15) is 14.7 Å². The molecule has 3 aliphatic heterocycles. The molecule has 5 rings (SSSR count). The summed E-state index contributed by atoms with van der Waals surface area (Å²) >= 11 is 6.43. The number of likely N-dealkylation sites (tertiary alicyclic amines) is 2. The molecule has 1 aromatic carbocycles. The van der Waals surface area contributed by atoms with Gasteiger partial charge < -0.3 is 24.4 Å². The Balaban J connectivity index is 1.28. The van der Waals surface area contributed by atoms with Crippen LogP contribution in [-0.4, -0.2) is 104 Å². The number of alkyl halides is 1. The minimum atomic E-state index is -1.87. The second-order valence-electron chi connectivity index (χ2n) is 12.4. The molecule has 8 nitrogen and oxygen atoms in total. The number of aliphatic carboxylic acids is 1. The summed E-state index contributed by atoms with van der Waals surface area (Å²) < 4.78 is 27.7. The van der Waals surface area contributed by atoms with E-state index >= 15 is 4.39 Å². The van der Waals surface area contributed by atoms with Crippen molar-refractivity contribution in [1.29, 1.82) is 0 Å². The Morgan fingerprint density at radius 3 is 2.49 bits per heavy atom. The fraction of sp³-hybridized carbons (Fsp3) is 0.742. The van der Waals surface area contributed by atoms with Crippen molar-refractivity contribution in [3.05, 3.63) is 28.8 Å². The topological polar surface area (TPSA) is 82.6 Å². The first kappa shape index (κ1) is 30.5. The lowest BCUT2D eigenvalue weighted by molar-refractivity contribution is -0.143. The molecule has 10 heteroatoms. The van der Waals surface area contributed by atoms with Gasteiger partial charge in [0.05, 0.1) is 18.6 Å². The number of carboxylic acid groups (broad SMARTS) is 1. The SMILES string of the molecule is CCOC1CCC(N2CC[C@](F)(C(=O)N3C[C@H](COC)[C@@H](c4ccc(Cl)cc4N4CCC(C(=O)O)CC4)C3)C2)CC1. The number of rotatable bonds is 9. The van der Waals surface area contributed by atoms with Crippen molar-refractivity contribution in [2.24, 2.45) is 11.8 Å². The monoisotopic (exact) mass is 593 g/mol. The van der Waals surface area contributed by atoms with Gasteiger partial charge in [0.25, 0.3) is 5.91 Å². The molecule has 3 atom stereocenters. The zero-order chi connectivity index (χ0) is 29.1. The lowest BCUT2D eigenvalue weighted by Crippen LogP contribution is -2.48. The van der Waals surface area contributed by atoms with Crippen LogP contribution >= 0.6 is 11.6 Å². The highest BCUT2D eigenvalue weighted by atomic mass is 35.5. The number of nitrogens with zero attached hydrogens (tertiary/aromatic N) is 3. The molecule has 4 fully saturated rings. The Morgan fingerprint density at radius 2 is 1.83 bits per heavy atom. The maximum Gasteiger partial charge on any atom is 0.306 e. The second kappa shape index (κ2) is 13.1. The van der Waals surface area contributed by atoms with Gasteiger partial charge in [-0.3, -0.25) is 14.5 Å². The van der Waals surface area contributed by atoms with Gasteiger partial charge in [-0.2, -0.15) is 0 Å². The molecule has 0 aromatic heterocycles. The summed E-state index contributed by atoms with van der Waals surface area (Å²) in [5, 5.41) is 10.1. The molecule has 4 aliphatic rings. The third-order valence-electron chi connectivity index (χ3n) is 9.88. The molecule has 41 heavy (non-hydrogen) atoms. The van der Waals surface area contributed by atoms with Gasteiger partial charge in [0.15, 0.2) is 0 Å². The van der Waals surface area contributed by atoms with E-state index < -0.39 is 17.5 Å². The van der Waals surface area contributed by atoms with Crippen molar-refractivity contribution >= 4 is 29.2 Å². The molecule has 3 heterocycles. The molecular weight excluding hydrogens is 549 g/mol. The standard InChI is InChI=1S/C31H45ClFN3O5/c1-3-41-25-7-5-24(6-8-25)35-15-12-31(33,20-35)30(39)36-17-22(19-40-2)27(18-36)26-9-4-23(32)16-28(26)34-13-10-21(11-14-34)29(37)38/h4,9,16,21-22,24-25,27H,3,5-8,10-15,17-20H2,1-2H3,(H,37,38)/t22-,24?,25?,27+,31-/m1/s1. The van der Waals surface area contributed by atoms with E-state index in [2.05, 4.69) is 9.80 Å². The van der Waals surface area contributed by atoms with E-state index in [0.717, 1.165) is 43.5 Å². The number of halogens is 2. The molecule has 0 unspecified atom stereocenters. The minimum absolute atomic E-state index is 0.0235. The van der Waals surface area contributed by atoms with Crippen LogP contribution in [0.25, 0.3) is 0 Å². The van der Waals surface area contributed by atoms with E-state index in [1.54, 1.807) is 12.0 Å². The van der Waals surface area contributed by atoms with Gasteiger partial charge in [-0.05, 0) is 63.1 Å². The number of hydrogen-bond donors (Lipinski definition) is 1. The van der Waals surface area contributed by atoms with Crippen LogP contribution in [0.3, 0.4) is 0 Å². The van der Waals surface area contributed by atoms with E-state index in [1.165, 1.54) is 0 Å². The van der Waals surface area contributed by atoms with Gasteiger partial charge in [0.1, 0.15) is 0 Å². The minimum Gasteiger partial charge on any atom is -0.481 e. The summed E-state index contributed by atoms with van der Waals surface area (Å²) in [6.45, 7) is 6.12. The molecule has 1 aromatic rings. The summed E-state index contributed by atoms with van der Waals surface area (Å²) in [6.07, 6.45) is 5.64. The first-order chi connectivity index (χ1) is 19.7. The number of methoxy groups -OCH3 is 1. The summed E-state index contributed by atoms with van der Waals surface area (Å²) in [5.74, 6) is -1.48. The molecule has 228 valence electrons. The van der Waals surface area contributed by atoms with Gasteiger partial charge in [-0.15, -0.1) is 0 Å². The maximum absolute atomic E-state index is 16.4. The lowest BCUT2D eigenvalue weighted by Gasteiger charge is -2.35. The number of amides is 1. The van der Waals surface area contributed by atoms with E-state index in [1.807, 2.05) is 25.1 Å². The molecule has 1 aliphatic carbocycles. The normalized spacial score (nSPS) is 31.6. The van der Waals surface area contributed by atoms with Crippen LogP contribution in [0.1, 0.15) is 63.4 Å². The predicted octanol–water partition coefficient (Wildman–Crippen LogP) is 4.59. The molecule has 1 amide bonds. The summed E-state index contributed by atoms with van der Waals surface area (Å²) in [5.41, 5.74) is 0.170. The summed E-state index contributed by atoms with van der Waals surface area (Å²) in [6, 6.07) is 6.14. The van der Waals surface area contributed by atoms with Crippen LogP contribution in [0.5, 0.6) is 0 Å². The zero-order valence-electron chi connectivity index (χ0n) is 24.4. The van der Waals surface area contributed by atoms with Crippen molar-refractivity contribution in [2.75, 3.05) is 64.5 Å². The molecular formula is C31H45ClFN3O5. The van der Waals surface area contributed by atoms with E-state index in [0.29, 0.717) is 69.3 Å². The van der Waals surface area contributed by atoms with E-state index in [-0.39, 0.29) is 30.7 Å². The number of anilines is 1. The number of carboxylic acids is 1. The Hall–Kier alpha value is -1.94. The molecule has 0 radical (unpaired) electrons. The number of carbonyl (C=O) groups is 2. The third-order valence-corrected chi connectivity index (χ3v) is 10.1. The van der Waals surface area contributed by atoms with E-state index in [4.69, 9.17) is 21.1 Å². The molecule has 0 spiro atoms. The Labute approximate surface area is 248 Å². The maximum atomic E-state index is 16.4. The fourth-order valence-corrected chi connectivity index (χ4v) is 7.79. The highest BCUT2D eigenvalue weighted by Crippen LogP contribution is 2.42. The average molecular weight is 594 g/mol. The van der Waals surface area contributed by atoms with Crippen LogP contribution in [0, 0.1) is 11.8 Å². The first-order valence-electron chi connectivity index (χ1n) is 15.3. The van der Waals surface area contributed by atoms with Crippen LogP contribution in [0.4, 0.5) is 10.1 Å². The summed E-state index contributed by atoms with van der Waals surface area (Å²) in [7, 11) is 1.66. The quantitative estimate of drug-likeness (QED) is 0.448. The number of hydrogen-bond acceptors (Lipinski definition) is 6. The highest BCUT2D eigenvalue weighted by Gasteiger charge is 2.51. The van der Waals surface area contributed by atoms with Crippen molar-refractivity contribution in [3.63, 3.8) is 0 Å². The Morgan fingerprint density at radius 1 is 1.10 bits per heavy atom. The Kier molecular flexibility index (Phi) is 9.78. The largest absolute Gasteiger partial charge is 0.481 e. The smallest absolute Gasteiger partial charge is 0.306 e. The van der Waals surface area contributed by atoms with Crippen molar-refractivity contribution < 1.29 is 28.6 Å². The van der Waals surface area contributed by atoms with Gasteiger partial charge in [-0.1, -0.05) is 17.7 Å². The van der Waals surface area contributed by atoms with Crippen molar-refractivity contribution in [2.45, 2.75) is 75.6 Å². The number of piperidine rings is 1. The van der Waals surface area contributed by atoms with Gasteiger partial charge in [0, 0.05) is 88.0 Å². The molecule has 3 saturated heterocycles. The van der Waals surface area contributed by atoms with Gasteiger partial charge in [0.2, 0.25) is 5.67 Å². The Bertz CT molecular complexity index is 1080. The van der Waals surface area contributed by atoms with Gasteiger partial charge >= 0.3 is 5.97 Å². The van der Waals surface area contributed by atoms with Crippen molar-refractivity contribution in [1.82, 2.24) is 9.80 Å². The number of benzene rings is 1. The van der Waals surface area contributed by atoms with Gasteiger partial charge in [-0.25, -0.2) is 4.39 Å². The second-order valence-corrected chi connectivity index (χ2v) is 12.8. The molecule has 1 N–H and O–H groups in total. The first-order valence-corrected chi connectivity index (χ1v) is 15.7. The lowest BCUT2D eigenvalue weighted by atomic mass is 9.87.